The number of benzene rings is 2. The van der Waals surface area contributed by atoms with E-state index in [-0.39, 0.29) is 18.7 Å². The average Bonchev–Trinajstić information content (AvgIpc) is 3.51. The van der Waals surface area contributed by atoms with Crippen molar-refractivity contribution < 1.29 is 19.1 Å². The number of ether oxygens (including phenoxy) is 2. The minimum atomic E-state index is -0.909. The van der Waals surface area contributed by atoms with Crippen LogP contribution >= 0.6 is 0 Å². The standard InChI is InChI=1S/C30H37N3O4/c1-30(2,3)37-29(35)33(19-25-26-23(17-18-31-25)22-15-9-10-16-24(22)32-26)27(20-11-5-4-6-12-20)28(34)36-21-13-7-8-14-21/h4-6,9-12,15-16,21,25,27,31-32H,7-8,13-14,17-19H2,1-3H3. The molecule has 2 unspecified atom stereocenters. The second-order valence-corrected chi connectivity index (χ2v) is 11.1. The topological polar surface area (TPSA) is 83.7 Å². The summed E-state index contributed by atoms with van der Waals surface area (Å²) in [5, 5.41) is 4.77. The Morgan fingerprint density at radius 2 is 1.73 bits per heavy atom. The zero-order valence-electron chi connectivity index (χ0n) is 22.0. The molecule has 0 bridgehead atoms. The fourth-order valence-electron chi connectivity index (χ4n) is 5.53. The van der Waals surface area contributed by atoms with Crippen molar-refractivity contribution in [1.29, 1.82) is 0 Å². The van der Waals surface area contributed by atoms with Crippen molar-refractivity contribution >= 4 is 23.0 Å². The first-order valence-corrected chi connectivity index (χ1v) is 13.4. The van der Waals surface area contributed by atoms with Gasteiger partial charge in [0.25, 0.3) is 0 Å². The molecule has 1 aromatic heterocycles. The highest BCUT2D eigenvalue weighted by Crippen LogP contribution is 2.34. The summed E-state index contributed by atoms with van der Waals surface area (Å²) >= 11 is 0. The van der Waals surface area contributed by atoms with Crippen LogP contribution in [0.3, 0.4) is 0 Å². The van der Waals surface area contributed by atoms with E-state index in [2.05, 4.69) is 22.4 Å². The van der Waals surface area contributed by atoms with E-state index in [4.69, 9.17) is 9.47 Å². The molecule has 0 radical (unpaired) electrons. The minimum absolute atomic E-state index is 0.104. The lowest BCUT2D eigenvalue weighted by Crippen LogP contribution is -2.48. The van der Waals surface area contributed by atoms with Gasteiger partial charge in [0, 0.05) is 23.1 Å². The van der Waals surface area contributed by atoms with Crippen molar-refractivity contribution in [3.8, 4) is 0 Å². The highest BCUT2D eigenvalue weighted by molar-refractivity contribution is 5.85. The molecule has 2 N–H and O–H groups in total. The molecule has 1 fully saturated rings. The largest absolute Gasteiger partial charge is 0.461 e. The van der Waals surface area contributed by atoms with Gasteiger partial charge in [-0.3, -0.25) is 4.90 Å². The molecule has 5 rings (SSSR count). The van der Waals surface area contributed by atoms with Gasteiger partial charge in [0.05, 0.1) is 6.04 Å². The molecule has 1 aliphatic carbocycles. The lowest BCUT2D eigenvalue weighted by molar-refractivity contribution is -0.155. The van der Waals surface area contributed by atoms with Gasteiger partial charge >= 0.3 is 12.1 Å². The zero-order valence-corrected chi connectivity index (χ0v) is 22.0. The molecule has 0 saturated heterocycles. The van der Waals surface area contributed by atoms with Crippen molar-refractivity contribution in [3.05, 3.63) is 71.4 Å². The van der Waals surface area contributed by atoms with Gasteiger partial charge in [-0.25, -0.2) is 9.59 Å². The Balaban J connectivity index is 1.52. The number of amides is 1. The van der Waals surface area contributed by atoms with Crippen molar-refractivity contribution in [3.63, 3.8) is 0 Å². The molecule has 2 heterocycles. The molecule has 7 heteroatoms. The number of fused-ring (bicyclic) bond motifs is 3. The third kappa shape index (κ3) is 5.67. The maximum absolute atomic E-state index is 13.7. The van der Waals surface area contributed by atoms with Gasteiger partial charge in [-0.05, 0) is 76.6 Å². The van der Waals surface area contributed by atoms with E-state index in [9.17, 15) is 9.59 Å². The van der Waals surface area contributed by atoms with Gasteiger partial charge in [-0.2, -0.15) is 0 Å². The normalized spacial score (nSPS) is 18.8. The molecular formula is C30H37N3O4. The second kappa shape index (κ2) is 10.6. The van der Waals surface area contributed by atoms with Crippen LogP contribution in [0.25, 0.3) is 10.9 Å². The summed E-state index contributed by atoms with van der Waals surface area (Å²) in [4.78, 5) is 32.6. The van der Waals surface area contributed by atoms with Crippen molar-refractivity contribution in [2.45, 2.75) is 76.7 Å². The molecule has 1 aliphatic heterocycles. The zero-order chi connectivity index (χ0) is 26.0. The molecule has 0 spiro atoms. The van der Waals surface area contributed by atoms with Gasteiger partial charge in [0.2, 0.25) is 0 Å². The molecule has 1 amide bonds. The van der Waals surface area contributed by atoms with E-state index in [1.807, 2.05) is 63.2 Å². The number of para-hydroxylation sites is 1. The van der Waals surface area contributed by atoms with Crippen molar-refractivity contribution in [2.24, 2.45) is 0 Å². The highest BCUT2D eigenvalue weighted by Gasteiger charge is 2.39. The molecular weight excluding hydrogens is 466 g/mol. The molecule has 7 nitrogen and oxygen atoms in total. The third-order valence-corrected chi connectivity index (χ3v) is 7.20. The summed E-state index contributed by atoms with van der Waals surface area (Å²) in [6.45, 7) is 6.56. The van der Waals surface area contributed by atoms with Gasteiger partial charge in [-0.1, -0.05) is 48.5 Å². The maximum atomic E-state index is 13.7. The molecule has 196 valence electrons. The molecule has 2 aromatic carbocycles. The monoisotopic (exact) mass is 503 g/mol. The Bertz CT molecular complexity index is 1240. The van der Waals surface area contributed by atoms with E-state index in [0.717, 1.165) is 49.9 Å². The van der Waals surface area contributed by atoms with Crippen LogP contribution < -0.4 is 5.32 Å². The number of hydrogen-bond donors (Lipinski definition) is 2. The Morgan fingerprint density at radius 3 is 2.46 bits per heavy atom. The van der Waals surface area contributed by atoms with Crippen LogP contribution in [0.4, 0.5) is 4.79 Å². The third-order valence-electron chi connectivity index (χ3n) is 7.20. The first-order valence-electron chi connectivity index (χ1n) is 13.4. The summed E-state index contributed by atoms with van der Waals surface area (Å²) in [5.74, 6) is -0.406. The van der Waals surface area contributed by atoms with Gasteiger partial charge < -0.3 is 19.8 Å². The smallest absolute Gasteiger partial charge is 0.411 e. The van der Waals surface area contributed by atoms with Gasteiger partial charge in [-0.15, -0.1) is 0 Å². The number of esters is 1. The van der Waals surface area contributed by atoms with Crippen LogP contribution in [0.15, 0.2) is 54.6 Å². The maximum Gasteiger partial charge on any atom is 0.411 e. The van der Waals surface area contributed by atoms with Crippen molar-refractivity contribution in [1.82, 2.24) is 15.2 Å². The molecule has 2 aliphatic rings. The second-order valence-electron chi connectivity index (χ2n) is 11.1. The Hall–Kier alpha value is -3.32. The molecule has 37 heavy (non-hydrogen) atoms. The first-order chi connectivity index (χ1) is 17.8. The number of nitrogens with one attached hydrogen (secondary N) is 2. The summed E-state index contributed by atoms with van der Waals surface area (Å²) in [5.41, 5.74) is 3.39. The molecule has 3 aromatic rings. The molecule has 2 atom stereocenters. The number of rotatable bonds is 6. The first kappa shape index (κ1) is 25.3. The highest BCUT2D eigenvalue weighted by atomic mass is 16.6. The lowest BCUT2D eigenvalue weighted by atomic mass is 9.97. The van der Waals surface area contributed by atoms with Gasteiger partial charge in [0.15, 0.2) is 6.04 Å². The number of aromatic amines is 1. The quantitative estimate of drug-likeness (QED) is 0.414. The number of nitrogens with zero attached hydrogens (tertiary/aromatic N) is 1. The van der Waals surface area contributed by atoms with E-state index < -0.39 is 23.7 Å². The Kier molecular flexibility index (Phi) is 7.24. The predicted octanol–water partition coefficient (Wildman–Crippen LogP) is 5.82. The fourth-order valence-corrected chi connectivity index (χ4v) is 5.53. The number of aromatic nitrogens is 1. The predicted molar refractivity (Wildman–Crippen MR) is 143 cm³/mol. The SMILES string of the molecule is CC(C)(C)OC(=O)N(CC1NCCc2c1[nH]c1ccccc21)C(C(=O)OC1CCCC1)c1ccccc1. The van der Waals surface area contributed by atoms with E-state index in [0.29, 0.717) is 5.56 Å². The number of carbonyl (C=O) groups excluding carboxylic acids is 2. The summed E-state index contributed by atoms with van der Waals surface area (Å²) < 4.78 is 11.8. The van der Waals surface area contributed by atoms with Crippen LogP contribution in [0.5, 0.6) is 0 Å². The minimum Gasteiger partial charge on any atom is -0.461 e. The van der Waals surface area contributed by atoms with Crippen LogP contribution in [-0.4, -0.2) is 46.7 Å². The van der Waals surface area contributed by atoms with Crippen LogP contribution in [0, 0.1) is 0 Å². The number of carbonyl (C=O) groups is 2. The number of hydrogen-bond acceptors (Lipinski definition) is 5. The van der Waals surface area contributed by atoms with Crippen molar-refractivity contribution in [2.75, 3.05) is 13.1 Å². The average molecular weight is 504 g/mol. The molecule has 1 saturated carbocycles. The van der Waals surface area contributed by atoms with Crippen LogP contribution in [0.2, 0.25) is 0 Å². The van der Waals surface area contributed by atoms with Crippen LogP contribution in [0.1, 0.15) is 75.4 Å². The summed E-state index contributed by atoms with van der Waals surface area (Å²) in [6, 6.07) is 16.6. The van der Waals surface area contributed by atoms with E-state index in [1.165, 1.54) is 10.9 Å². The summed E-state index contributed by atoms with van der Waals surface area (Å²) in [6.07, 6.45) is 4.10. The number of H-pyrrole nitrogens is 1. The van der Waals surface area contributed by atoms with E-state index in [1.54, 1.807) is 4.90 Å². The van der Waals surface area contributed by atoms with Gasteiger partial charge in [0.1, 0.15) is 11.7 Å². The fraction of sp³-hybridized carbons (Fsp3) is 0.467. The summed E-state index contributed by atoms with van der Waals surface area (Å²) in [7, 11) is 0. The Morgan fingerprint density at radius 1 is 1.03 bits per heavy atom. The Labute approximate surface area is 218 Å². The van der Waals surface area contributed by atoms with E-state index >= 15 is 0 Å². The lowest BCUT2D eigenvalue weighted by Gasteiger charge is -2.36. The van der Waals surface area contributed by atoms with Crippen LogP contribution in [-0.2, 0) is 20.7 Å².